The largest absolute Gasteiger partial charge is 0.390 e. The van der Waals surface area contributed by atoms with Crippen LogP contribution < -0.4 is 10.9 Å². The summed E-state index contributed by atoms with van der Waals surface area (Å²) in [4.78, 5) is 22.2. The Kier molecular flexibility index (Phi) is 5.30. The van der Waals surface area contributed by atoms with Crippen LogP contribution in [-0.2, 0) is 0 Å². The van der Waals surface area contributed by atoms with Gasteiger partial charge in [-0.05, 0) is 6.26 Å². The number of aliphatic imine (C=N–C) groups is 1. The Hall–Kier alpha value is -1.22. The Morgan fingerprint density at radius 1 is 1.50 bits per heavy atom. The Balaban J connectivity index is 1.84. The molecule has 1 aliphatic heterocycles. The predicted octanol–water partition coefficient (Wildman–Crippen LogP) is -0.756. The molecular weight excluding hydrogens is 280 g/mol. The Morgan fingerprint density at radius 3 is 3.05 bits per heavy atom. The van der Waals surface area contributed by atoms with Crippen molar-refractivity contribution in [3.05, 3.63) is 22.4 Å². The second-order valence-electron chi connectivity index (χ2n) is 4.60. The van der Waals surface area contributed by atoms with E-state index >= 15 is 0 Å². The third kappa shape index (κ3) is 3.45. The van der Waals surface area contributed by atoms with Crippen molar-refractivity contribution in [3.8, 4) is 0 Å². The van der Waals surface area contributed by atoms with E-state index in [1.54, 1.807) is 6.21 Å². The van der Waals surface area contributed by atoms with Crippen LogP contribution in [-0.4, -0.2) is 63.7 Å². The molecule has 1 aromatic heterocycles. The highest BCUT2D eigenvalue weighted by atomic mass is 32.2. The van der Waals surface area contributed by atoms with E-state index in [4.69, 9.17) is 0 Å². The standard InChI is InChI=1S/C12H18N4O3S/c1-20-5-9(18)8(17)4-13-2-7-3-14-11-10(7)15-6-16-12(11)19/h3,6-9,13,17-18H,2,4-5H2,1H3,(H,15,16,19)/t7?,8-,9-/m0/s1. The molecule has 0 spiro atoms. The molecule has 0 saturated heterocycles. The molecule has 0 saturated carbocycles. The lowest BCUT2D eigenvalue weighted by atomic mass is 10.1. The number of aliphatic hydroxyl groups excluding tert-OH is 2. The highest BCUT2D eigenvalue weighted by Crippen LogP contribution is 2.25. The first-order valence-electron chi connectivity index (χ1n) is 6.31. The molecule has 0 amide bonds. The van der Waals surface area contributed by atoms with Gasteiger partial charge in [-0.3, -0.25) is 9.79 Å². The van der Waals surface area contributed by atoms with Crippen LogP contribution in [0.4, 0.5) is 5.69 Å². The summed E-state index contributed by atoms with van der Waals surface area (Å²) in [6.45, 7) is 0.792. The summed E-state index contributed by atoms with van der Waals surface area (Å²) in [6, 6.07) is 0. The third-order valence-electron chi connectivity index (χ3n) is 3.09. The summed E-state index contributed by atoms with van der Waals surface area (Å²) in [5.41, 5.74) is 0.742. The number of nitrogens with zero attached hydrogens (tertiary/aromatic N) is 2. The Morgan fingerprint density at radius 2 is 2.30 bits per heavy atom. The Bertz CT molecular complexity index is 534. The molecule has 20 heavy (non-hydrogen) atoms. The van der Waals surface area contributed by atoms with E-state index in [0.717, 1.165) is 0 Å². The van der Waals surface area contributed by atoms with Crippen molar-refractivity contribution >= 4 is 23.7 Å². The van der Waals surface area contributed by atoms with E-state index in [-0.39, 0.29) is 18.0 Å². The van der Waals surface area contributed by atoms with Crippen LogP contribution in [0.1, 0.15) is 11.6 Å². The van der Waals surface area contributed by atoms with E-state index in [0.29, 0.717) is 23.7 Å². The fourth-order valence-electron chi connectivity index (χ4n) is 1.99. The summed E-state index contributed by atoms with van der Waals surface area (Å²) in [6.07, 6.45) is 3.35. The Labute approximate surface area is 120 Å². The highest BCUT2D eigenvalue weighted by molar-refractivity contribution is 7.98. The second kappa shape index (κ2) is 6.98. The molecule has 3 atom stereocenters. The molecule has 110 valence electrons. The van der Waals surface area contributed by atoms with Gasteiger partial charge in [-0.15, -0.1) is 0 Å². The maximum Gasteiger partial charge on any atom is 0.276 e. The molecular formula is C12H18N4O3S. The zero-order valence-electron chi connectivity index (χ0n) is 11.1. The quantitative estimate of drug-likeness (QED) is 0.527. The van der Waals surface area contributed by atoms with Crippen LogP contribution in [0, 0.1) is 0 Å². The van der Waals surface area contributed by atoms with E-state index in [1.165, 1.54) is 18.1 Å². The van der Waals surface area contributed by atoms with Gasteiger partial charge in [-0.1, -0.05) is 0 Å². The number of hydrogen-bond acceptors (Lipinski definition) is 7. The molecule has 0 bridgehead atoms. The fraction of sp³-hybridized carbons (Fsp3) is 0.583. The average molecular weight is 298 g/mol. The molecule has 0 aliphatic carbocycles. The maximum atomic E-state index is 11.5. The van der Waals surface area contributed by atoms with Crippen molar-refractivity contribution in [1.82, 2.24) is 15.3 Å². The maximum absolute atomic E-state index is 11.5. The van der Waals surface area contributed by atoms with Crippen LogP contribution in [0.3, 0.4) is 0 Å². The van der Waals surface area contributed by atoms with Crippen LogP contribution in [0.5, 0.6) is 0 Å². The first-order chi connectivity index (χ1) is 9.63. The van der Waals surface area contributed by atoms with Crippen LogP contribution >= 0.6 is 11.8 Å². The molecule has 1 aromatic rings. The molecule has 0 radical (unpaired) electrons. The zero-order valence-corrected chi connectivity index (χ0v) is 11.9. The first kappa shape index (κ1) is 15.2. The van der Waals surface area contributed by atoms with Gasteiger partial charge in [0.25, 0.3) is 5.56 Å². The number of rotatable bonds is 7. The number of nitrogens with one attached hydrogen (secondary N) is 2. The van der Waals surface area contributed by atoms with Crippen molar-refractivity contribution < 1.29 is 10.2 Å². The van der Waals surface area contributed by atoms with Gasteiger partial charge in [0.05, 0.1) is 30.1 Å². The van der Waals surface area contributed by atoms with Gasteiger partial charge in [-0.25, -0.2) is 4.98 Å². The number of hydrogen-bond donors (Lipinski definition) is 4. The van der Waals surface area contributed by atoms with Crippen molar-refractivity contribution in [2.45, 2.75) is 18.1 Å². The summed E-state index contributed by atoms with van der Waals surface area (Å²) in [5, 5.41) is 22.4. The van der Waals surface area contributed by atoms with Gasteiger partial charge in [-0.2, -0.15) is 11.8 Å². The summed E-state index contributed by atoms with van der Waals surface area (Å²) in [5.74, 6) is 0.408. The van der Waals surface area contributed by atoms with Gasteiger partial charge >= 0.3 is 0 Å². The minimum absolute atomic E-state index is 0.0859. The number of aromatic nitrogens is 2. The lowest BCUT2D eigenvalue weighted by Crippen LogP contribution is -2.39. The average Bonchev–Trinajstić information content (AvgIpc) is 2.84. The predicted molar refractivity (Wildman–Crippen MR) is 79.0 cm³/mol. The lowest BCUT2D eigenvalue weighted by molar-refractivity contribution is 0.0350. The third-order valence-corrected chi connectivity index (χ3v) is 3.77. The molecule has 0 fully saturated rings. The smallest absolute Gasteiger partial charge is 0.276 e. The van der Waals surface area contributed by atoms with Gasteiger partial charge in [0, 0.05) is 25.1 Å². The van der Waals surface area contributed by atoms with Gasteiger partial charge in [0.15, 0.2) is 0 Å². The van der Waals surface area contributed by atoms with Gasteiger partial charge in [0.2, 0.25) is 0 Å². The number of aliphatic hydroxyl groups is 2. The molecule has 8 heteroatoms. The van der Waals surface area contributed by atoms with Crippen molar-refractivity contribution in [3.63, 3.8) is 0 Å². The van der Waals surface area contributed by atoms with E-state index in [9.17, 15) is 15.0 Å². The van der Waals surface area contributed by atoms with Crippen LogP contribution in [0.25, 0.3) is 0 Å². The molecule has 1 unspecified atom stereocenters. The summed E-state index contributed by atoms with van der Waals surface area (Å²) < 4.78 is 0. The van der Waals surface area contributed by atoms with Crippen molar-refractivity contribution in [1.29, 1.82) is 0 Å². The van der Waals surface area contributed by atoms with Gasteiger partial charge in [0.1, 0.15) is 5.69 Å². The summed E-state index contributed by atoms with van der Waals surface area (Å²) >= 11 is 1.48. The molecule has 2 heterocycles. The normalized spacial score (nSPS) is 19.9. The minimum atomic E-state index is -0.813. The number of thioether (sulfide) groups is 1. The topological polar surface area (TPSA) is 111 Å². The fourth-order valence-corrected chi connectivity index (χ4v) is 2.56. The van der Waals surface area contributed by atoms with Crippen molar-refractivity contribution in [2.75, 3.05) is 25.1 Å². The molecule has 2 rings (SSSR count). The molecule has 7 nitrogen and oxygen atoms in total. The van der Waals surface area contributed by atoms with Gasteiger partial charge < -0.3 is 20.5 Å². The SMILES string of the molecule is CSC[C@H](O)[C@@H](O)CNCC1C=Nc2c1nc[nH]c2=O. The van der Waals surface area contributed by atoms with Crippen LogP contribution in [0.2, 0.25) is 0 Å². The molecule has 0 aromatic carbocycles. The monoisotopic (exact) mass is 298 g/mol. The number of aromatic amines is 1. The first-order valence-corrected chi connectivity index (χ1v) is 7.70. The number of H-pyrrole nitrogens is 1. The van der Waals surface area contributed by atoms with E-state index in [2.05, 4.69) is 20.3 Å². The molecule has 1 aliphatic rings. The van der Waals surface area contributed by atoms with E-state index in [1.807, 2.05) is 6.26 Å². The summed E-state index contributed by atoms with van der Waals surface area (Å²) in [7, 11) is 0. The second-order valence-corrected chi connectivity index (χ2v) is 5.51. The minimum Gasteiger partial charge on any atom is -0.390 e. The highest BCUT2D eigenvalue weighted by Gasteiger charge is 2.23. The molecule has 4 N–H and O–H groups in total. The van der Waals surface area contributed by atoms with Crippen LogP contribution in [0.15, 0.2) is 16.1 Å². The van der Waals surface area contributed by atoms with E-state index < -0.39 is 12.2 Å². The lowest BCUT2D eigenvalue weighted by Gasteiger charge is -2.18. The number of fused-ring (bicyclic) bond motifs is 1. The van der Waals surface area contributed by atoms with Crippen molar-refractivity contribution in [2.24, 2.45) is 4.99 Å². The zero-order chi connectivity index (χ0) is 14.5.